The number of benzene rings is 2. The summed E-state index contributed by atoms with van der Waals surface area (Å²) in [6.07, 6.45) is -1.24. The van der Waals surface area contributed by atoms with Gasteiger partial charge in [0.05, 0.1) is 28.7 Å². The highest BCUT2D eigenvalue weighted by molar-refractivity contribution is 6.05. The second-order valence-electron chi connectivity index (χ2n) is 7.00. The lowest BCUT2D eigenvalue weighted by Crippen LogP contribution is -2.14. The molecule has 1 aliphatic rings. The molecule has 1 heterocycles. The maximum Gasteiger partial charge on any atom is 0.416 e. The van der Waals surface area contributed by atoms with Crippen molar-refractivity contribution in [3.63, 3.8) is 0 Å². The molecule has 4 nitrogen and oxygen atoms in total. The van der Waals surface area contributed by atoms with Crippen molar-refractivity contribution in [2.45, 2.75) is 31.9 Å². The minimum atomic E-state index is -4.44. The van der Waals surface area contributed by atoms with Crippen LogP contribution in [0.25, 0.3) is 5.69 Å². The predicted octanol–water partition coefficient (Wildman–Crippen LogP) is 5.33. The van der Waals surface area contributed by atoms with Crippen molar-refractivity contribution in [2.75, 3.05) is 5.32 Å². The molecule has 144 valence electrons. The second kappa shape index (κ2) is 6.82. The van der Waals surface area contributed by atoms with Crippen molar-refractivity contribution in [3.8, 4) is 5.69 Å². The van der Waals surface area contributed by atoms with Gasteiger partial charge in [0.15, 0.2) is 0 Å². The molecule has 1 fully saturated rings. The molecule has 7 heteroatoms. The molecule has 0 saturated heterocycles. The van der Waals surface area contributed by atoms with Crippen LogP contribution in [0.4, 0.5) is 18.9 Å². The fourth-order valence-electron chi connectivity index (χ4n) is 3.22. The number of nitrogens with zero attached hydrogens (tertiary/aromatic N) is 2. The quantitative estimate of drug-likeness (QED) is 0.660. The molecule has 0 unspecified atom stereocenters. The van der Waals surface area contributed by atoms with Crippen LogP contribution in [0.2, 0.25) is 0 Å². The minimum Gasteiger partial charge on any atom is -0.322 e. The van der Waals surface area contributed by atoms with Crippen LogP contribution in [0.1, 0.15) is 45.9 Å². The van der Waals surface area contributed by atoms with Crippen molar-refractivity contribution in [1.29, 1.82) is 0 Å². The first-order valence-corrected chi connectivity index (χ1v) is 8.96. The van der Waals surface area contributed by atoms with E-state index in [1.807, 2.05) is 25.1 Å². The topological polar surface area (TPSA) is 46.9 Å². The van der Waals surface area contributed by atoms with E-state index in [1.165, 1.54) is 16.9 Å². The summed E-state index contributed by atoms with van der Waals surface area (Å²) in [5, 5.41) is 7.09. The van der Waals surface area contributed by atoms with Gasteiger partial charge in [0.2, 0.25) is 0 Å². The second-order valence-corrected chi connectivity index (χ2v) is 7.00. The van der Waals surface area contributed by atoms with Crippen LogP contribution in [-0.2, 0) is 6.18 Å². The maximum absolute atomic E-state index is 13.1. The molecule has 0 spiro atoms. The molecule has 0 bridgehead atoms. The molecule has 0 radical (unpaired) electrons. The molecule has 3 aromatic rings. The van der Waals surface area contributed by atoms with Gasteiger partial charge in [-0.1, -0.05) is 18.2 Å². The number of hydrogen-bond acceptors (Lipinski definition) is 2. The van der Waals surface area contributed by atoms with E-state index in [2.05, 4.69) is 10.4 Å². The van der Waals surface area contributed by atoms with Gasteiger partial charge in [0.25, 0.3) is 5.91 Å². The third-order valence-corrected chi connectivity index (χ3v) is 4.71. The molecular weight excluding hydrogens is 367 g/mol. The monoisotopic (exact) mass is 385 g/mol. The molecule has 1 aromatic heterocycles. The summed E-state index contributed by atoms with van der Waals surface area (Å²) in [6, 6.07) is 12.4. The van der Waals surface area contributed by atoms with Gasteiger partial charge in [-0.2, -0.15) is 18.3 Å². The summed E-state index contributed by atoms with van der Waals surface area (Å²) in [6.45, 7) is 1.93. The number of rotatable bonds is 4. The molecule has 28 heavy (non-hydrogen) atoms. The first-order valence-electron chi connectivity index (χ1n) is 8.96. The number of anilines is 1. The smallest absolute Gasteiger partial charge is 0.322 e. The molecule has 0 aliphatic heterocycles. The number of aryl methyl sites for hydroxylation is 1. The Bertz CT molecular complexity index is 1040. The zero-order valence-electron chi connectivity index (χ0n) is 15.1. The average Bonchev–Trinajstić information content (AvgIpc) is 3.39. The van der Waals surface area contributed by atoms with E-state index in [0.717, 1.165) is 30.5 Å². The first kappa shape index (κ1) is 18.3. The third kappa shape index (κ3) is 3.65. The van der Waals surface area contributed by atoms with E-state index < -0.39 is 11.7 Å². The van der Waals surface area contributed by atoms with Crippen molar-refractivity contribution < 1.29 is 18.0 Å². The van der Waals surface area contributed by atoms with Gasteiger partial charge in [-0.3, -0.25) is 4.79 Å². The highest BCUT2D eigenvalue weighted by Gasteiger charge is 2.34. The molecule has 1 aliphatic carbocycles. The third-order valence-electron chi connectivity index (χ3n) is 4.71. The Hall–Kier alpha value is -3.09. The lowest BCUT2D eigenvalue weighted by molar-refractivity contribution is -0.137. The van der Waals surface area contributed by atoms with Gasteiger partial charge in [-0.05, 0) is 55.7 Å². The molecule has 1 saturated carbocycles. The number of carbonyl (C=O) groups excluding carboxylic acids is 1. The number of nitrogens with one attached hydrogen (secondary N) is 1. The van der Waals surface area contributed by atoms with Gasteiger partial charge in [-0.25, -0.2) is 4.68 Å². The van der Waals surface area contributed by atoms with Crippen LogP contribution >= 0.6 is 0 Å². The number of halogens is 3. The molecule has 1 N–H and O–H groups in total. The van der Waals surface area contributed by atoms with E-state index in [4.69, 9.17) is 0 Å². The molecule has 0 atom stereocenters. The predicted molar refractivity (Wildman–Crippen MR) is 99.7 cm³/mol. The molecule has 2 aromatic carbocycles. The molecular formula is C21H18F3N3O. The fraction of sp³-hybridized carbons (Fsp3) is 0.238. The number of amides is 1. The highest BCUT2D eigenvalue weighted by atomic mass is 19.4. The first-order chi connectivity index (χ1) is 13.3. The molecule has 1 amide bonds. The van der Waals surface area contributed by atoms with E-state index in [-0.39, 0.29) is 11.8 Å². The van der Waals surface area contributed by atoms with Gasteiger partial charge in [0.1, 0.15) is 0 Å². The summed E-state index contributed by atoms with van der Waals surface area (Å²) in [4.78, 5) is 12.8. The standard InChI is InChI=1S/C21H18F3N3O/c1-13-4-2-6-16(10-13)26-20(28)18-12-25-27(19(18)14-8-9-14)17-7-3-5-15(11-17)21(22,23)24/h2-7,10-12,14H,8-9H2,1H3,(H,26,28). The lowest BCUT2D eigenvalue weighted by Gasteiger charge is -2.12. The van der Waals surface area contributed by atoms with Crippen LogP contribution in [0.3, 0.4) is 0 Å². The number of alkyl halides is 3. The van der Waals surface area contributed by atoms with E-state index in [9.17, 15) is 18.0 Å². The Balaban J connectivity index is 1.70. The number of aromatic nitrogens is 2. The zero-order chi connectivity index (χ0) is 19.9. The lowest BCUT2D eigenvalue weighted by atomic mass is 10.1. The Morgan fingerprint density at radius 1 is 1.14 bits per heavy atom. The Kier molecular flexibility index (Phi) is 4.45. The van der Waals surface area contributed by atoms with Crippen LogP contribution in [-0.4, -0.2) is 15.7 Å². The van der Waals surface area contributed by atoms with E-state index in [1.54, 1.807) is 12.1 Å². The summed E-state index contributed by atoms with van der Waals surface area (Å²) >= 11 is 0. The fourth-order valence-corrected chi connectivity index (χ4v) is 3.22. The van der Waals surface area contributed by atoms with Crippen LogP contribution in [0, 0.1) is 6.92 Å². The largest absolute Gasteiger partial charge is 0.416 e. The van der Waals surface area contributed by atoms with Crippen LogP contribution in [0.5, 0.6) is 0 Å². The normalized spacial score (nSPS) is 14.1. The van der Waals surface area contributed by atoms with Crippen LogP contribution < -0.4 is 5.32 Å². The average molecular weight is 385 g/mol. The number of hydrogen-bond donors (Lipinski definition) is 1. The van der Waals surface area contributed by atoms with Crippen LogP contribution in [0.15, 0.2) is 54.7 Å². The van der Waals surface area contributed by atoms with Crippen molar-refractivity contribution in [1.82, 2.24) is 9.78 Å². The summed E-state index contributed by atoms with van der Waals surface area (Å²) in [5.74, 6) is -0.193. The SMILES string of the molecule is Cc1cccc(NC(=O)c2cnn(-c3cccc(C(F)(F)F)c3)c2C2CC2)c1. The van der Waals surface area contributed by atoms with E-state index in [0.29, 0.717) is 22.6 Å². The van der Waals surface area contributed by atoms with Gasteiger partial charge in [-0.15, -0.1) is 0 Å². The Morgan fingerprint density at radius 2 is 1.89 bits per heavy atom. The van der Waals surface area contributed by atoms with Gasteiger partial charge < -0.3 is 5.32 Å². The van der Waals surface area contributed by atoms with Crippen molar-refractivity contribution >= 4 is 11.6 Å². The number of carbonyl (C=O) groups is 1. The van der Waals surface area contributed by atoms with Gasteiger partial charge in [0, 0.05) is 11.6 Å². The minimum absolute atomic E-state index is 0.121. The van der Waals surface area contributed by atoms with Crippen molar-refractivity contribution in [2.24, 2.45) is 0 Å². The summed E-state index contributed by atoms with van der Waals surface area (Å²) < 4.78 is 40.7. The van der Waals surface area contributed by atoms with Crippen molar-refractivity contribution in [3.05, 3.63) is 77.1 Å². The molecule has 4 rings (SSSR count). The van der Waals surface area contributed by atoms with E-state index >= 15 is 0 Å². The highest BCUT2D eigenvalue weighted by Crippen LogP contribution is 2.43. The summed E-state index contributed by atoms with van der Waals surface area (Å²) in [5.41, 5.74) is 2.28. The maximum atomic E-state index is 13.1. The summed E-state index contributed by atoms with van der Waals surface area (Å²) in [7, 11) is 0. The Morgan fingerprint density at radius 3 is 2.57 bits per heavy atom. The van der Waals surface area contributed by atoms with Gasteiger partial charge >= 0.3 is 6.18 Å². The Labute approximate surface area is 160 Å². The zero-order valence-corrected chi connectivity index (χ0v) is 15.1.